The Balaban J connectivity index is 1.43. The summed E-state index contributed by atoms with van der Waals surface area (Å²) in [6, 6.07) is 6.48. The van der Waals surface area contributed by atoms with E-state index in [-0.39, 0.29) is 36.6 Å². The quantitative estimate of drug-likeness (QED) is 0.491. The number of halogens is 3. The lowest BCUT2D eigenvalue weighted by Gasteiger charge is -2.39. The summed E-state index contributed by atoms with van der Waals surface area (Å²) in [6.07, 6.45) is 0.555. The van der Waals surface area contributed by atoms with Crippen molar-refractivity contribution in [3.05, 3.63) is 41.9 Å². The van der Waals surface area contributed by atoms with Crippen LogP contribution < -0.4 is 4.90 Å². The largest absolute Gasteiger partial charge is 0.405 e. The number of piperazine rings is 1. The fourth-order valence-electron chi connectivity index (χ4n) is 4.58. The number of benzene rings is 1. The standard InChI is InChI=1S/C23H29F3N6O/c1-3-6-15(11-16-13-27-18-8-5-4-7-17(16)18)12-19(33)21-28-22(30-29-21)32-10-9-31(2)20(14-32)23(24,25)26/h4-5,7-8,13,15,20,27H,3,6,9-12,14H2,1-2H3,(H,28,29,30). The van der Waals surface area contributed by atoms with Gasteiger partial charge in [-0.3, -0.25) is 14.8 Å². The smallest absolute Gasteiger partial charge is 0.361 e. The average molecular weight is 463 g/mol. The van der Waals surface area contributed by atoms with Crippen molar-refractivity contribution in [3.63, 3.8) is 0 Å². The van der Waals surface area contributed by atoms with Gasteiger partial charge in [-0.2, -0.15) is 18.2 Å². The minimum atomic E-state index is -4.34. The van der Waals surface area contributed by atoms with Gasteiger partial charge >= 0.3 is 6.18 Å². The number of carbonyl (C=O) groups is 1. The van der Waals surface area contributed by atoms with E-state index in [0.717, 1.165) is 30.2 Å². The van der Waals surface area contributed by atoms with Crippen LogP contribution in [0.25, 0.3) is 10.9 Å². The van der Waals surface area contributed by atoms with Gasteiger partial charge in [0.1, 0.15) is 6.04 Å². The number of ketones is 1. The molecule has 0 amide bonds. The molecule has 2 atom stereocenters. The maximum atomic E-state index is 13.3. The van der Waals surface area contributed by atoms with Crippen LogP contribution in [-0.4, -0.2) is 69.7 Å². The van der Waals surface area contributed by atoms with Crippen LogP contribution in [0.1, 0.15) is 42.4 Å². The van der Waals surface area contributed by atoms with Gasteiger partial charge in [-0.25, -0.2) is 0 Å². The van der Waals surface area contributed by atoms with Crippen molar-refractivity contribution >= 4 is 22.6 Å². The SMILES string of the molecule is CCCC(CC(=O)c1nc(N2CCN(C)C(C(F)(F)F)C2)n[nH]1)Cc1c[nH]c2ccccc12. The predicted molar refractivity (Wildman–Crippen MR) is 120 cm³/mol. The first-order chi connectivity index (χ1) is 15.8. The zero-order valence-electron chi connectivity index (χ0n) is 18.8. The van der Waals surface area contributed by atoms with Gasteiger partial charge in [-0.1, -0.05) is 31.5 Å². The third-order valence-electron chi connectivity index (χ3n) is 6.40. The molecule has 2 unspecified atom stereocenters. The van der Waals surface area contributed by atoms with Crippen LogP contribution in [0.4, 0.5) is 19.1 Å². The fraction of sp³-hybridized carbons (Fsp3) is 0.522. The summed E-state index contributed by atoms with van der Waals surface area (Å²) in [5.41, 5.74) is 2.24. The van der Waals surface area contributed by atoms with Crippen molar-refractivity contribution in [1.29, 1.82) is 0 Å². The number of nitrogens with zero attached hydrogens (tertiary/aromatic N) is 4. The van der Waals surface area contributed by atoms with Gasteiger partial charge in [0.25, 0.3) is 0 Å². The van der Waals surface area contributed by atoms with Crippen molar-refractivity contribution in [2.75, 3.05) is 31.6 Å². The molecular weight excluding hydrogens is 433 g/mol. The molecule has 0 radical (unpaired) electrons. The normalized spacial score (nSPS) is 18.7. The Morgan fingerprint density at radius 2 is 2.06 bits per heavy atom. The number of hydrogen-bond acceptors (Lipinski definition) is 5. The van der Waals surface area contributed by atoms with Crippen molar-refractivity contribution in [3.8, 4) is 0 Å². The van der Waals surface area contributed by atoms with Crippen molar-refractivity contribution in [2.45, 2.75) is 44.8 Å². The maximum absolute atomic E-state index is 13.3. The number of anilines is 1. The molecule has 0 saturated carbocycles. The number of nitrogens with one attached hydrogen (secondary N) is 2. The highest BCUT2D eigenvalue weighted by Gasteiger charge is 2.45. The van der Waals surface area contributed by atoms with Crippen LogP contribution in [0.3, 0.4) is 0 Å². The van der Waals surface area contributed by atoms with E-state index in [9.17, 15) is 18.0 Å². The Labute approximate surface area is 190 Å². The highest BCUT2D eigenvalue weighted by molar-refractivity contribution is 5.93. The number of aromatic nitrogens is 4. The molecule has 4 rings (SSSR count). The molecule has 10 heteroatoms. The molecule has 1 aliphatic heterocycles. The molecule has 2 aromatic heterocycles. The third kappa shape index (κ3) is 5.21. The number of hydrogen-bond donors (Lipinski definition) is 2. The van der Waals surface area contributed by atoms with Crippen molar-refractivity contribution in [1.82, 2.24) is 25.1 Å². The number of fused-ring (bicyclic) bond motifs is 1. The second-order valence-electron chi connectivity index (χ2n) is 8.81. The highest BCUT2D eigenvalue weighted by atomic mass is 19.4. The average Bonchev–Trinajstić information content (AvgIpc) is 3.41. The zero-order chi connectivity index (χ0) is 23.6. The van der Waals surface area contributed by atoms with E-state index in [1.807, 2.05) is 24.4 Å². The van der Waals surface area contributed by atoms with Crippen LogP contribution in [0.2, 0.25) is 0 Å². The molecule has 2 N–H and O–H groups in total. The summed E-state index contributed by atoms with van der Waals surface area (Å²) in [6.45, 7) is 2.44. The summed E-state index contributed by atoms with van der Waals surface area (Å²) in [5, 5.41) is 7.86. The van der Waals surface area contributed by atoms with Crippen LogP contribution in [0.15, 0.2) is 30.5 Å². The van der Waals surface area contributed by atoms with Crippen molar-refractivity contribution < 1.29 is 18.0 Å². The van der Waals surface area contributed by atoms with E-state index >= 15 is 0 Å². The van der Waals surface area contributed by atoms with Gasteiger partial charge in [-0.15, -0.1) is 5.10 Å². The summed E-state index contributed by atoms with van der Waals surface area (Å²) in [5.74, 6) is 0.207. The number of rotatable bonds is 8. The third-order valence-corrected chi connectivity index (χ3v) is 6.40. The molecule has 3 heterocycles. The maximum Gasteiger partial charge on any atom is 0.405 e. The number of alkyl halides is 3. The Bertz CT molecular complexity index is 1090. The lowest BCUT2D eigenvalue weighted by molar-refractivity contribution is -0.180. The summed E-state index contributed by atoms with van der Waals surface area (Å²) in [7, 11) is 1.46. The highest BCUT2D eigenvalue weighted by Crippen LogP contribution is 2.29. The first-order valence-electron chi connectivity index (χ1n) is 11.3. The zero-order valence-corrected chi connectivity index (χ0v) is 18.8. The molecule has 3 aromatic rings. The number of carbonyl (C=O) groups excluding carboxylic acids is 1. The van der Waals surface area contributed by atoms with E-state index in [1.54, 1.807) is 0 Å². The molecule has 1 aliphatic rings. The van der Waals surface area contributed by atoms with E-state index in [2.05, 4.69) is 33.2 Å². The monoisotopic (exact) mass is 462 g/mol. The number of H-pyrrole nitrogens is 2. The molecule has 1 saturated heterocycles. The van der Waals surface area contributed by atoms with Crippen LogP contribution in [0.5, 0.6) is 0 Å². The lowest BCUT2D eigenvalue weighted by Crippen LogP contribution is -2.57. The summed E-state index contributed by atoms with van der Waals surface area (Å²) >= 11 is 0. The van der Waals surface area contributed by atoms with E-state index in [4.69, 9.17) is 0 Å². The molecular formula is C23H29F3N6O. The molecule has 178 valence electrons. The van der Waals surface area contributed by atoms with Gasteiger partial charge < -0.3 is 9.88 Å². The molecule has 0 aliphatic carbocycles. The van der Waals surface area contributed by atoms with Gasteiger partial charge in [-0.05, 0) is 37.4 Å². The predicted octanol–water partition coefficient (Wildman–Crippen LogP) is 4.20. The number of para-hydroxylation sites is 1. The molecule has 33 heavy (non-hydrogen) atoms. The van der Waals surface area contributed by atoms with Crippen LogP contribution in [-0.2, 0) is 6.42 Å². The van der Waals surface area contributed by atoms with Gasteiger partial charge in [0.15, 0.2) is 11.6 Å². The Morgan fingerprint density at radius 3 is 2.82 bits per heavy atom. The first kappa shape index (κ1) is 23.3. The molecule has 1 aromatic carbocycles. The van der Waals surface area contributed by atoms with E-state index < -0.39 is 12.2 Å². The lowest BCUT2D eigenvalue weighted by atomic mass is 9.90. The number of Topliss-reactive ketones (excluding diaryl/α,β-unsaturated/α-hetero) is 1. The Kier molecular flexibility index (Phi) is 6.73. The number of aromatic amines is 2. The molecule has 0 spiro atoms. The molecule has 0 bridgehead atoms. The minimum Gasteiger partial charge on any atom is -0.361 e. The van der Waals surface area contributed by atoms with Crippen LogP contribution >= 0.6 is 0 Å². The van der Waals surface area contributed by atoms with Gasteiger partial charge in [0, 0.05) is 43.2 Å². The van der Waals surface area contributed by atoms with E-state index in [0.29, 0.717) is 13.0 Å². The second kappa shape index (κ2) is 9.54. The summed E-state index contributed by atoms with van der Waals surface area (Å²) < 4.78 is 39.9. The molecule has 7 nitrogen and oxygen atoms in total. The summed E-state index contributed by atoms with van der Waals surface area (Å²) in [4.78, 5) is 23.2. The van der Waals surface area contributed by atoms with E-state index in [1.165, 1.54) is 22.4 Å². The molecule has 1 fully saturated rings. The van der Waals surface area contributed by atoms with Gasteiger partial charge in [0.2, 0.25) is 5.95 Å². The van der Waals surface area contributed by atoms with Crippen LogP contribution in [0, 0.1) is 5.92 Å². The second-order valence-corrected chi connectivity index (χ2v) is 8.81. The minimum absolute atomic E-state index is 0.104. The Morgan fingerprint density at radius 1 is 1.27 bits per heavy atom. The van der Waals surface area contributed by atoms with Gasteiger partial charge in [0.05, 0.1) is 0 Å². The Hall–Kier alpha value is -2.88. The topological polar surface area (TPSA) is 80.9 Å². The van der Waals surface area contributed by atoms with Crippen molar-refractivity contribution in [2.24, 2.45) is 5.92 Å². The first-order valence-corrected chi connectivity index (χ1v) is 11.3. The fourth-order valence-corrected chi connectivity index (χ4v) is 4.58. The number of likely N-dealkylation sites (N-methyl/N-ethyl adjacent to an activating group) is 1.